The van der Waals surface area contributed by atoms with E-state index >= 15 is 0 Å². The number of rotatable bonds is 3. The van der Waals surface area contributed by atoms with Crippen LogP contribution in [0.15, 0.2) is 0 Å². The molecule has 2 fully saturated rings. The summed E-state index contributed by atoms with van der Waals surface area (Å²) in [5, 5.41) is 2.16. The van der Waals surface area contributed by atoms with Crippen molar-refractivity contribution in [2.45, 2.75) is 44.3 Å². The molecule has 1 N–H and O–H groups in total. The smallest absolute Gasteiger partial charge is 0.345 e. The van der Waals surface area contributed by atoms with Gasteiger partial charge >= 0.3 is 12.1 Å². The van der Waals surface area contributed by atoms with E-state index in [0.717, 1.165) is 32.1 Å². The summed E-state index contributed by atoms with van der Waals surface area (Å²) >= 11 is 0. The van der Waals surface area contributed by atoms with E-state index in [9.17, 15) is 18.0 Å². The molecule has 0 aromatic heterocycles. The van der Waals surface area contributed by atoms with Gasteiger partial charge in [0.15, 0.2) is 0 Å². The molecule has 0 aromatic rings. The van der Waals surface area contributed by atoms with Crippen molar-refractivity contribution in [3.63, 3.8) is 0 Å². The van der Waals surface area contributed by atoms with Gasteiger partial charge in [-0.05, 0) is 37.5 Å². The van der Waals surface area contributed by atoms with Crippen LogP contribution in [-0.2, 0) is 4.79 Å². The minimum absolute atomic E-state index is 0.229. The number of carbonyl (C=O) groups excluding carboxylic acids is 1. The Bertz CT molecular complexity index is 256. The van der Waals surface area contributed by atoms with Gasteiger partial charge in [0, 0.05) is 6.04 Å². The SMILES string of the molecule is O=C(NC(C1CCC1)C1CC1)C(F)(F)F. The third-order valence-corrected chi connectivity index (χ3v) is 3.34. The summed E-state index contributed by atoms with van der Waals surface area (Å²) in [6, 6.07) is -0.229. The summed E-state index contributed by atoms with van der Waals surface area (Å²) in [5.41, 5.74) is 0. The molecule has 0 bridgehead atoms. The molecule has 0 heterocycles. The zero-order valence-corrected chi connectivity index (χ0v) is 8.31. The molecule has 0 radical (unpaired) electrons. The van der Waals surface area contributed by atoms with E-state index in [0.29, 0.717) is 5.92 Å². The molecule has 2 nitrogen and oxygen atoms in total. The van der Waals surface area contributed by atoms with Gasteiger partial charge in [0.1, 0.15) is 0 Å². The highest BCUT2D eigenvalue weighted by Gasteiger charge is 2.45. The van der Waals surface area contributed by atoms with Crippen molar-refractivity contribution in [3.05, 3.63) is 0 Å². The number of alkyl halides is 3. The lowest BCUT2D eigenvalue weighted by molar-refractivity contribution is -0.175. The maximum absolute atomic E-state index is 12.1. The minimum atomic E-state index is -4.74. The molecule has 0 spiro atoms. The molecular weight excluding hydrogens is 207 g/mol. The van der Waals surface area contributed by atoms with Crippen molar-refractivity contribution in [2.24, 2.45) is 11.8 Å². The molecule has 2 aliphatic carbocycles. The number of hydrogen-bond acceptors (Lipinski definition) is 1. The molecule has 1 atom stereocenters. The van der Waals surface area contributed by atoms with Gasteiger partial charge in [-0.1, -0.05) is 6.42 Å². The molecular formula is C10H14F3NO. The first-order valence-electron chi connectivity index (χ1n) is 5.36. The van der Waals surface area contributed by atoms with E-state index in [1.807, 2.05) is 0 Å². The zero-order valence-electron chi connectivity index (χ0n) is 8.31. The van der Waals surface area contributed by atoms with Crippen LogP contribution in [0.3, 0.4) is 0 Å². The lowest BCUT2D eigenvalue weighted by atomic mass is 9.78. The second-order valence-corrected chi connectivity index (χ2v) is 4.53. The Labute approximate surface area is 86.2 Å². The van der Waals surface area contributed by atoms with Crippen molar-refractivity contribution in [2.75, 3.05) is 0 Å². The average Bonchev–Trinajstić information content (AvgIpc) is 2.79. The highest BCUT2D eigenvalue weighted by molar-refractivity contribution is 5.82. The topological polar surface area (TPSA) is 29.1 Å². The first kappa shape index (κ1) is 10.8. The Morgan fingerprint density at radius 1 is 1.13 bits per heavy atom. The quantitative estimate of drug-likeness (QED) is 0.778. The Balaban J connectivity index is 1.91. The first-order valence-corrected chi connectivity index (χ1v) is 5.36. The van der Waals surface area contributed by atoms with Crippen LogP contribution in [0, 0.1) is 11.8 Å². The summed E-state index contributed by atoms with van der Waals surface area (Å²) in [4.78, 5) is 10.8. The monoisotopic (exact) mass is 221 g/mol. The van der Waals surface area contributed by atoms with Crippen LogP contribution in [-0.4, -0.2) is 18.1 Å². The molecule has 1 unspecified atom stereocenters. The number of hydrogen-bond donors (Lipinski definition) is 1. The van der Waals surface area contributed by atoms with Crippen LogP contribution >= 0.6 is 0 Å². The Hall–Kier alpha value is -0.740. The molecule has 2 rings (SSSR count). The molecule has 0 aromatic carbocycles. The number of halogens is 3. The van der Waals surface area contributed by atoms with Crippen LogP contribution in [0.1, 0.15) is 32.1 Å². The van der Waals surface area contributed by atoms with Gasteiger partial charge in [0.25, 0.3) is 0 Å². The van der Waals surface area contributed by atoms with E-state index in [-0.39, 0.29) is 12.0 Å². The average molecular weight is 221 g/mol. The maximum Gasteiger partial charge on any atom is 0.471 e. The standard InChI is InChI=1S/C10H14F3NO/c11-10(12,13)9(15)14-8(7-4-5-7)6-2-1-3-6/h6-8H,1-5H2,(H,14,15). The second kappa shape index (κ2) is 3.68. The Kier molecular flexibility index (Phi) is 2.64. The molecule has 2 aliphatic rings. The first-order chi connectivity index (χ1) is 6.98. The fourth-order valence-electron chi connectivity index (χ4n) is 2.11. The molecule has 15 heavy (non-hydrogen) atoms. The molecule has 0 aliphatic heterocycles. The van der Waals surface area contributed by atoms with Crippen LogP contribution in [0.2, 0.25) is 0 Å². The largest absolute Gasteiger partial charge is 0.471 e. The van der Waals surface area contributed by atoms with Gasteiger partial charge < -0.3 is 5.32 Å². The van der Waals surface area contributed by atoms with Crippen molar-refractivity contribution < 1.29 is 18.0 Å². The summed E-state index contributed by atoms with van der Waals surface area (Å²) < 4.78 is 36.2. The van der Waals surface area contributed by atoms with E-state index in [4.69, 9.17) is 0 Å². The minimum Gasteiger partial charge on any atom is -0.345 e. The van der Waals surface area contributed by atoms with Crippen LogP contribution in [0.4, 0.5) is 13.2 Å². The molecule has 86 valence electrons. The van der Waals surface area contributed by atoms with Gasteiger partial charge in [-0.2, -0.15) is 13.2 Å². The lowest BCUT2D eigenvalue weighted by Crippen LogP contribution is -2.49. The van der Waals surface area contributed by atoms with E-state index in [1.54, 1.807) is 0 Å². The van der Waals surface area contributed by atoms with Gasteiger partial charge in [-0.15, -0.1) is 0 Å². The van der Waals surface area contributed by atoms with Crippen molar-refractivity contribution in [1.29, 1.82) is 0 Å². The molecule has 5 heteroatoms. The highest BCUT2D eigenvalue weighted by Crippen LogP contribution is 2.42. The molecule has 2 saturated carbocycles. The summed E-state index contributed by atoms with van der Waals surface area (Å²) in [6.07, 6.45) is 0.171. The lowest BCUT2D eigenvalue weighted by Gasteiger charge is -2.34. The maximum atomic E-state index is 12.1. The highest BCUT2D eigenvalue weighted by atomic mass is 19.4. The third-order valence-electron chi connectivity index (χ3n) is 3.34. The zero-order chi connectivity index (χ0) is 11.1. The van der Waals surface area contributed by atoms with Crippen LogP contribution in [0.5, 0.6) is 0 Å². The number of nitrogens with one attached hydrogen (secondary N) is 1. The Morgan fingerprint density at radius 2 is 1.67 bits per heavy atom. The predicted molar refractivity (Wildman–Crippen MR) is 48.1 cm³/mol. The summed E-state index contributed by atoms with van der Waals surface area (Å²) in [6.45, 7) is 0. The molecule has 1 amide bonds. The fraction of sp³-hybridized carbons (Fsp3) is 0.900. The fourth-order valence-corrected chi connectivity index (χ4v) is 2.11. The predicted octanol–water partition coefficient (Wildman–Crippen LogP) is 2.24. The van der Waals surface area contributed by atoms with Crippen LogP contribution in [0.25, 0.3) is 0 Å². The van der Waals surface area contributed by atoms with Crippen LogP contribution < -0.4 is 5.32 Å². The van der Waals surface area contributed by atoms with Crippen molar-refractivity contribution in [3.8, 4) is 0 Å². The summed E-state index contributed by atoms with van der Waals surface area (Å²) in [5.74, 6) is -1.20. The van der Waals surface area contributed by atoms with Gasteiger partial charge in [-0.3, -0.25) is 4.79 Å². The second-order valence-electron chi connectivity index (χ2n) is 4.53. The third kappa shape index (κ3) is 2.44. The summed E-state index contributed by atoms with van der Waals surface area (Å²) in [7, 11) is 0. The van der Waals surface area contributed by atoms with Gasteiger partial charge in [0.2, 0.25) is 0 Å². The van der Waals surface area contributed by atoms with Crippen molar-refractivity contribution >= 4 is 5.91 Å². The van der Waals surface area contributed by atoms with Gasteiger partial charge in [-0.25, -0.2) is 0 Å². The number of carbonyl (C=O) groups is 1. The van der Waals surface area contributed by atoms with E-state index < -0.39 is 12.1 Å². The van der Waals surface area contributed by atoms with E-state index in [2.05, 4.69) is 5.32 Å². The number of amides is 1. The van der Waals surface area contributed by atoms with E-state index in [1.165, 1.54) is 0 Å². The van der Waals surface area contributed by atoms with Crippen molar-refractivity contribution in [1.82, 2.24) is 5.32 Å². The molecule has 0 saturated heterocycles. The normalized spacial score (nSPS) is 24.5. The Morgan fingerprint density at radius 3 is 2.00 bits per heavy atom. The van der Waals surface area contributed by atoms with Gasteiger partial charge in [0.05, 0.1) is 0 Å².